The van der Waals surface area contributed by atoms with Crippen LogP contribution < -0.4 is 5.32 Å². The molecule has 1 atom stereocenters. The van der Waals surface area contributed by atoms with E-state index in [9.17, 15) is 13.2 Å². The summed E-state index contributed by atoms with van der Waals surface area (Å²) in [6, 6.07) is 8.26. The topological polar surface area (TPSA) is 97.2 Å². The minimum absolute atomic E-state index is 0.186. The van der Waals surface area contributed by atoms with Crippen LogP contribution in [0.2, 0.25) is 5.02 Å². The maximum absolute atomic E-state index is 12.7. The molecule has 0 aliphatic rings. The molecule has 172 valence electrons. The molecule has 3 rings (SSSR count). The van der Waals surface area contributed by atoms with Crippen molar-refractivity contribution in [2.75, 3.05) is 19.4 Å². The number of thioether (sulfide) groups is 1. The fourth-order valence-corrected chi connectivity index (χ4v) is 4.95. The fraction of sp³-hybridized carbons (Fsp3) is 0.381. The van der Waals surface area contributed by atoms with Gasteiger partial charge in [0.15, 0.2) is 5.16 Å². The zero-order valence-corrected chi connectivity index (χ0v) is 20.8. The number of hydrogen-bond acceptors (Lipinski definition) is 6. The highest BCUT2D eigenvalue weighted by atomic mass is 35.5. The van der Waals surface area contributed by atoms with Crippen molar-refractivity contribution >= 4 is 56.1 Å². The number of fused-ring (bicyclic) bond motifs is 1. The van der Waals surface area contributed by atoms with Gasteiger partial charge in [0.25, 0.3) is 0 Å². The molecule has 0 aliphatic carbocycles. The lowest BCUT2D eigenvalue weighted by molar-refractivity contribution is -0.115. The largest absolute Gasteiger partial charge is 0.319 e. The summed E-state index contributed by atoms with van der Waals surface area (Å²) in [5.74, 6) is 0.208. The Morgan fingerprint density at radius 1 is 1.28 bits per heavy atom. The fourth-order valence-electron chi connectivity index (χ4n) is 2.97. The molecule has 1 aromatic carbocycles. The van der Waals surface area contributed by atoms with Gasteiger partial charge >= 0.3 is 0 Å². The van der Waals surface area contributed by atoms with E-state index in [2.05, 4.69) is 22.2 Å². The number of nitrogens with zero attached hydrogens (tertiary/aromatic N) is 4. The van der Waals surface area contributed by atoms with Crippen LogP contribution in [-0.2, 0) is 21.4 Å². The average Bonchev–Trinajstić information content (AvgIpc) is 3.09. The highest BCUT2D eigenvalue weighted by Gasteiger charge is 2.22. The Kier molecular flexibility index (Phi) is 7.81. The summed E-state index contributed by atoms with van der Waals surface area (Å²) in [5, 5.41) is 3.48. The molecular formula is C21H26ClN5O3S2. The first-order chi connectivity index (χ1) is 15.1. The number of carbonyl (C=O) groups excluding carboxylic acids is 1. The lowest BCUT2D eigenvalue weighted by Gasteiger charge is -2.13. The Morgan fingerprint density at radius 3 is 2.66 bits per heavy atom. The number of unbranched alkanes of at least 4 members (excludes halogenated alkanes) is 1. The summed E-state index contributed by atoms with van der Waals surface area (Å²) < 4.78 is 28.3. The van der Waals surface area contributed by atoms with Crippen molar-refractivity contribution < 1.29 is 13.2 Å². The van der Waals surface area contributed by atoms with E-state index in [0.29, 0.717) is 21.5 Å². The number of rotatable bonds is 9. The summed E-state index contributed by atoms with van der Waals surface area (Å²) in [5.41, 5.74) is 1.42. The van der Waals surface area contributed by atoms with Crippen molar-refractivity contribution in [2.24, 2.45) is 0 Å². The van der Waals surface area contributed by atoms with Crippen LogP contribution in [0, 0.1) is 0 Å². The quantitative estimate of drug-likeness (QED) is 0.445. The maximum atomic E-state index is 12.7. The third-order valence-corrected chi connectivity index (χ3v) is 7.95. The summed E-state index contributed by atoms with van der Waals surface area (Å²) >= 11 is 7.16. The minimum atomic E-state index is -3.57. The lowest BCUT2D eigenvalue weighted by atomic mass is 10.3. The molecule has 0 spiro atoms. The summed E-state index contributed by atoms with van der Waals surface area (Å²) in [6.07, 6.45) is 3.40. The molecule has 2 aromatic heterocycles. The van der Waals surface area contributed by atoms with Crippen LogP contribution in [0.25, 0.3) is 11.0 Å². The van der Waals surface area contributed by atoms with Gasteiger partial charge in [-0.1, -0.05) is 36.7 Å². The van der Waals surface area contributed by atoms with Gasteiger partial charge in [-0.25, -0.2) is 22.7 Å². The van der Waals surface area contributed by atoms with Crippen molar-refractivity contribution in [2.45, 2.75) is 48.5 Å². The van der Waals surface area contributed by atoms with E-state index in [1.807, 2.05) is 4.57 Å². The molecule has 0 saturated heterocycles. The monoisotopic (exact) mass is 495 g/mol. The zero-order valence-electron chi connectivity index (χ0n) is 18.4. The number of halogens is 1. The lowest BCUT2D eigenvalue weighted by Crippen LogP contribution is -2.23. The summed E-state index contributed by atoms with van der Waals surface area (Å²) in [7, 11) is -0.573. The standard InChI is InChI=1S/C21H26ClN5O3S2/c1-5-6-11-27-18-9-8-16(32(29,30)26(3)4)12-17(18)24-21(27)31-14(2)20(28)25-19-10-7-15(22)13-23-19/h7-10,12-14H,5-6,11H2,1-4H3,(H,23,25,28)/t14-/m1/s1. The van der Waals surface area contributed by atoms with E-state index < -0.39 is 15.3 Å². The first kappa shape index (κ1) is 24.5. The molecule has 0 saturated carbocycles. The number of hydrogen-bond donors (Lipinski definition) is 1. The van der Waals surface area contributed by atoms with E-state index >= 15 is 0 Å². The third kappa shape index (κ3) is 5.43. The molecule has 0 bridgehead atoms. The Labute approximate surface area is 197 Å². The van der Waals surface area contributed by atoms with Crippen LogP contribution in [0.4, 0.5) is 5.82 Å². The molecule has 0 fully saturated rings. The number of nitrogens with one attached hydrogen (secondary N) is 1. The highest BCUT2D eigenvalue weighted by Crippen LogP contribution is 2.30. The second-order valence-corrected chi connectivity index (χ2v) is 11.3. The summed E-state index contributed by atoms with van der Waals surface area (Å²) in [6.45, 7) is 4.62. The van der Waals surface area contributed by atoms with Gasteiger partial charge in [0.2, 0.25) is 15.9 Å². The van der Waals surface area contributed by atoms with E-state index in [0.717, 1.165) is 24.9 Å². The van der Waals surface area contributed by atoms with Gasteiger partial charge in [0, 0.05) is 26.8 Å². The van der Waals surface area contributed by atoms with Crippen LogP contribution >= 0.6 is 23.4 Å². The molecule has 8 nitrogen and oxygen atoms in total. The number of anilines is 1. The maximum Gasteiger partial charge on any atom is 0.242 e. The molecular weight excluding hydrogens is 470 g/mol. The average molecular weight is 496 g/mol. The number of aryl methyl sites for hydroxylation is 1. The van der Waals surface area contributed by atoms with E-state index in [1.54, 1.807) is 37.3 Å². The van der Waals surface area contributed by atoms with Crippen LogP contribution in [0.15, 0.2) is 46.6 Å². The van der Waals surface area contributed by atoms with Gasteiger partial charge in [-0.15, -0.1) is 0 Å². The Bertz CT molecular complexity index is 1210. The second-order valence-electron chi connectivity index (χ2n) is 7.45. The molecule has 0 unspecified atom stereocenters. The molecule has 3 aromatic rings. The summed E-state index contributed by atoms with van der Waals surface area (Å²) in [4.78, 5) is 21.6. The number of amides is 1. The molecule has 1 amide bonds. The third-order valence-electron chi connectivity index (χ3n) is 4.83. The zero-order chi connectivity index (χ0) is 23.5. The number of carbonyl (C=O) groups is 1. The first-order valence-electron chi connectivity index (χ1n) is 10.2. The number of pyridine rings is 1. The smallest absolute Gasteiger partial charge is 0.242 e. The van der Waals surface area contributed by atoms with Gasteiger partial charge in [0.05, 0.1) is 26.2 Å². The van der Waals surface area contributed by atoms with Gasteiger partial charge in [-0.2, -0.15) is 0 Å². The minimum Gasteiger partial charge on any atom is -0.319 e. The number of benzene rings is 1. The van der Waals surface area contributed by atoms with Gasteiger partial charge in [0.1, 0.15) is 5.82 Å². The number of sulfonamides is 1. The molecule has 0 radical (unpaired) electrons. The van der Waals surface area contributed by atoms with Gasteiger partial charge in [-0.05, 0) is 43.7 Å². The molecule has 11 heteroatoms. The molecule has 32 heavy (non-hydrogen) atoms. The second kappa shape index (κ2) is 10.2. The normalized spacial score (nSPS) is 12.9. The number of imidazole rings is 1. The van der Waals surface area contributed by atoms with Gasteiger partial charge in [-0.3, -0.25) is 4.79 Å². The first-order valence-corrected chi connectivity index (χ1v) is 12.8. The predicted molar refractivity (Wildman–Crippen MR) is 129 cm³/mol. The van der Waals surface area contributed by atoms with E-state index in [1.165, 1.54) is 36.4 Å². The predicted octanol–water partition coefficient (Wildman–Crippen LogP) is 4.25. The molecule has 2 heterocycles. The van der Waals surface area contributed by atoms with Crippen molar-refractivity contribution in [3.63, 3.8) is 0 Å². The Morgan fingerprint density at radius 2 is 2.03 bits per heavy atom. The molecule has 1 N–H and O–H groups in total. The van der Waals surface area contributed by atoms with Crippen molar-refractivity contribution in [1.29, 1.82) is 0 Å². The van der Waals surface area contributed by atoms with Crippen LogP contribution in [0.5, 0.6) is 0 Å². The van der Waals surface area contributed by atoms with Crippen molar-refractivity contribution in [1.82, 2.24) is 18.8 Å². The number of aromatic nitrogens is 3. The SMILES string of the molecule is CCCCn1c(S[C@H](C)C(=O)Nc2ccc(Cl)cn2)nc2cc(S(=O)(=O)N(C)C)ccc21. The Hall–Kier alpha value is -2.14. The van der Waals surface area contributed by atoms with Crippen LogP contribution in [0.1, 0.15) is 26.7 Å². The van der Waals surface area contributed by atoms with E-state index in [4.69, 9.17) is 11.6 Å². The van der Waals surface area contributed by atoms with Crippen molar-refractivity contribution in [3.05, 3.63) is 41.6 Å². The van der Waals surface area contributed by atoms with Crippen LogP contribution in [-0.4, -0.2) is 52.5 Å². The Balaban J connectivity index is 1.89. The molecule has 0 aliphatic heterocycles. The van der Waals surface area contributed by atoms with Crippen LogP contribution in [0.3, 0.4) is 0 Å². The highest BCUT2D eigenvalue weighted by molar-refractivity contribution is 8.00. The van der Waals surface area contributed by atoms with Gasteiger partial charge < -0.3 is 9.88 Å². The van der Waals surface area contributed by atoms with Crippen molar-refractivity contribution in [3.8, 4) is 0 Å². The van der Waals surface area contributed by atoms with E-state index in [-0.39, 0.29) is 10.8 Å².